The lowest BCUT2D eigenvalue weighted by Crippen LogP contribution is -2.47. The summed E-state index contributed by atoms with van der Waals surface area (Å²) in [6.07, 6.45) is 1.38. The van der Waals surface area contributed by atoms with E-state index in [0.717, 1.165) is 32.7 Å². The maximum Gasteiger partial charge on any atom is 0.0896 e. The summed E-state index contributed by atoms with van der Waals surface area (Å²) in [5.74, 6) is 0. The fourth-order valence-corrected chi connectivity index (χ4v) is 2.89. The van der Waals surface area contributed by atoms with Crippen LogP contribution < -0.4 is 10.2 Å². The van der Waals surface area contributed by atoms with Crippen LogP contribution in [-0.2, 0) is 4.74 Å². The third-order valence-electron chi connectivity index (χ3n) is 4.13. The van der Waals surface area contributed by atoms with Crippen LogP contribution in [-0.4, -0.2) is 58.4 Å². The molecule has 2 unspecified atom stereocenters. The van der Waals surface area contributed by atoms with Gasteiger partial charge in [-0.2, -0.15) is 0 Å². The third kappa shape index (κ3) is 4.19. The lowest BCUT2D eigenvalue weighted by Gasteiger charge is -2.39. The van der Waals surface area contributed by atoms with Gasteiger partial charge >= 0.3 is 0 Å². The van der Waals surface area contributed by atoms with Crippen molar-refractivity contribution in [2.24, 2.45) is 0 Å². The van der Waals surface area contributed by atoms with Gasteiger partial charge in [0.15, 0.2) is 0 Å². The Hall–Kier alpha value is -1.10. The Labute approximate surface area is 129 Å². The molecule has 4 nitrogen and oxygen atoms in total. The zero-order valence-corrected chi connectivity index (χ0v) is 13.8. The number of morpholine rings is 1. The molecular weight excluding hydrogens is 262 g/mol. The van der Waals surface area contributed by atoms with Gasteiger partial charge in [-0.3, -0.25) is 4.90 Å². The highest BCUT2D eigenvalue weighted by Crippen LogP contribution is 2.29. The summed E-state index contributed by atoms with van der Waals surface area (Å²) >= 11 is 0. The summed E-state index contributed by atoms with van der Waals surface area (Å²) < 4.78 is 6.03. The molecule has 1 aromatic rings. The summed E-state index contributed by atoms with van der Waals surface area (Å²) in [6.45, 7) is 5.97. The second kappa shape index (κ2) is 7.78. The Bertz CT molecular complexity index is 419. The summed E-state index contributed by atoms with van der Waals surface area (Å²) in [5.41, 5.74) is 2.57. The van der Waals surface area contributed by atoms with E-state index in [2.05, 4.69) is 67.4 Å². The van der Waals surface area contributed by atoms with Crippen molar-refractivity contribution in [1.82, 2.24) is 10.2 Å². The molecule has 1 aliphatic heterocycles. The fourth-order valence-electron chi connectivity index (χ4n) is 2.89. The van der Waals surface area contributed by atoms with Crippen LogP contribution in [0.4, 0.5) is 5.69 Å². The van der Waals surface area contributed by atoms with Crippen molar-refractivity contribution in [1.29, 1.82) is 0 Å². The van der Waals surface area contributed by atoms with Crippen molar-refractivity contribution in [3.05, 3.63) is 29.8 Å². The van der Waals surface area contributed by atoms with Crippen molar-refractivity contribution in [2.45, 2.75) is 25.5 Å². The molecule has 0 spiro atoms. The van der Waals surface area contributed by atoms with E-state index in [1.807, 2.05) is 0 Å². The molecule has 0 aromatic heterocycles. The first-order valence-electron chi connectivity index (χ1n) is 7.93. The first-order chi connectivity index (χ1) is 10.1. The minimum Gasteiger partial charge on any atom is -0.378 e. The largest absolute Gasteiger partial charge is 0.378 e. The monoisotopic (exact) mass is 291 g/mol. The van der Waals surface area contributed by atoms with Gasteiger partial charge < -0.3 is 15.0 Å². The minimum absolute atomic E-state index is 0.223. The first-order valence-corrected chi connectivity index (χ1v) is 7.93. The number of nitrogens with one attached hydrogen (secondary N) is 1. The highest BCUT2D eigenvalue weighted by atomic mass is 16.5. The highest BCUT2D eigenvalue weighted by Gasteiger charge is 2.31. The van der Waals surface area contributed by atoms with Gasteiger partial charge in [0.25, 0.3) is 0 Å². The van der Waals surface area contributed by atoms with Gasteiger partial charge in [-0.1, -0.05) is 19.1 Å². The van der Waals surface area contributed by atoms with E-state index < -0.39 is 0 Å². The van der Waals surface area contributed by atoms with Gasteiger partial charge in [0, 0.05) is 32.9 Å². The van der Waals surface area contributed by atoms with E-state index in [1.165, 1.54) is 11.3 Å². The quantitative estimate of drug-likeness (QED) is 0.813. The summed E-state index contributed by atoms with van der Waals surface area (Å²) in [7, 11) is 6.34. The average Bonchev–Trinajstić information content (AvgIpc) is 2.48. The minimum atomic E-state index is 0.223. The van der Waals surface area contributed by atoms with Crippen LogP contribution in [0.15, 0.2) is 24.3 Å². The summed E-state index contributed by atoms with van der Waals surface area (Å²) in [4.78, 5) is 4.54. The van der Waals surface area contributed by atoms with Gasteiger partial charge in [0.1, 0.15) is 0 Å². The molecule has 1 N–H and O–H groups in total. The third-order valence-corrected chi connectivity index (χ3v) is 4.13. The number of hydrogen-bond donors (Lipinski definition) is 1. The van der Waals surface area contributed by atoms with E-state index >= 15 is 0 Å². The van der Waals surface area contributed by atoms with Crippen LogP contribution >= 0.6 is 0 Å². The molecule has 1 aliphatic rings. The molecule has 118 valence electrons. The van der Waals surface area contributed by atoms with E-state index in [1.54, 1.807) is 0 Å². The lowest BCUT2D eigenvalue weighted by molar-refractivity contribution is -0.0612. The second-order valence-electron chi connectivity index (χ2n) is 6.02. The van der Waals surface area contributed by atoms with Crippen molar-refractivity contribution in [3.8, 4) is 0 Å². The molecule has 0 aliphatic carbocycles. The normalized spacial score (nSPS) is 23.2. The van der Waals surface area contributed by atoms with Crippen molar-refractivity contribution >= 4 is 5.69 Å². The Morgan fingerprint density at radius 2 is 2.00 bits per heavy atom. The van der Waals surface area contributed by atoms with Gasteiger partial charge in [-0.15, -0.1) is 0 Å². The Balaban J connectivity index is 2.11. The Morgan fingerprint density at radius 1 is 1.29 bits per heavy atom. The molecule has 0 radical (unpaired) electrons. The molecule has 0 saturated carbocycles. The number of benzene rings is 1. The Morgan fingerprint density at radius 3 is 2.62 bits per heavy atom. The van der Waals surface area contributed by atoms with Gasteiger partial charge in [0.05, 0.1) is 18.8 Å². The maximum absolute atomic E-state index is 6.03. The van der Waals surface area contributed by atoms with E-state index in [4.69, 9.17) is 4.74 Å². The van der Waals surface area contributed by atoms with Crippen LogP contribution in [0.25, 0.3) is 0 Å². The highest BCUT2D eigenvalue weighted by molar-refractivity contribution is 5.46. The van der Waals surface area contributed by atoms with Crippen LogP contribution in [0.2, 0.25) is 0 Å². The molecule has 2 rings (SSSR count). The SMILES string of the molecule is CCCNCC1OCCN(C)C1c1ccc(N(C)C)cc1. The first kappa shape index (κ1) is 16.3. The van der Waals surface area contributed by atoms with Gasteiger partial charge in [-0.05, 0) is 37.7 Å². The number of rotatable bonds is 6. The fraction of sp³-hybridized carbons (Fsp3) is 0.647. The second-order valence-corrected chi connectivity index (χ2v) is 6.02. The number of anilines is 1. The van der Waals surface area contributed by atoms with Crippen LogP contribution in [0.3, 0.4) is 0 Å². The molecule has 1 aromatic carbocycles. The molecular formula is C17H29N3O. The maximum atomic E-state index is 6.03. The zero-order valence-electron chi connectivity index (χ0n) is 13.8. The molecule has 4 heteroatoms. The molecule has 0 amide bonds. The number of nitrogens with zero attached hydrogens (tertiary/aromatic N) is 2. The summed E-state index contributed by atoms with van der Waals surface area (Å²) in [6, 6.07) is 9.18. The predicted octanol–water partition coefficient (Wildman–Crippen LogP) is 2.12. The predicted molar refractivity (Wildman–Crippen MR) is 89.0 cm³/mol. The standard InChI is InChI=1S/C17H29N3O/c1-5-10-18-13-16-17(20(4)11-12-21-16)14-6-8-15(9-7-14)19(2)3/h6-9,16-18H,5,10-13H2,1-4H3. The van der Waals surface area contributed by atoms with E-state index in [9.17, 15) is 0 Å². The zero-order chi connectivity index (χ0) is 15.2. The van der Waals surface area contributed by atoms with Crippen LogP contribution in [0.5, 0.6) is 0 Å². The Kier molecular flexibility index (Phi) is 6.03. The average molecular weight is 291 g/mol. The smallest absolute Gasteiger partial charge is 0.0896 e. The summed E-state index contributed by atoms with van der Waals surface area (Å²) in [5, 5.41) is 3.49. The van der Waals surface area contributed by atoms with Gasteiger partial charge in [0.2, 0.25) is 0 Å². The number of ether oxygens (including phenoxy) is 1. The number of hydrogen-bond acceptors (Lipinski definition) is 4. The topological polar surface area (TPSA) is 27.7 Å². The van der Waals surface area contributed by atoms with Crippen molar-refractivity contribution < 1.29 is 4.74 Å². The molecule has 1 fully saturated rings. The van der Waals surface area contributed by atoms with E-state index in [0.29, 0.717) is 6.04 Å². The van der Waals surface area contributed by atoms with Crippen molar-refractivity contribution in [2.75, 3.05) is 52.3 Å². The molecule has 21 heavy (non-hydrogen) atoms. The molecule has 1 saturated heterocycles. The molecule has 1 heterocycles. The van der Waals surface area contributed by atoms with E-state index in [-0.39, 0.29) is 6.10 Å². The molecule has 0 bridgehead atoms. The van der Waals surface area contributed by atoms with Crippen LogP contribution in [0.1, 0.15) is 24.9 Å². The number of likely N-dealkylation sites (N-methyl/N-ethyl adjacent to an activating group) is 1. The lowest BCUT2D eigenvalue weighted by atomic mass is 9.98. The van der Waals surface area contributed by atoms with Gasteiger partial charge in [-0.25, -0.2) is 0 Å². The van der Waals surface area contributed by atoms with Crippen molar-refractivity contribution in [3.63, 3.8) is 0 Å². The van der Waals surface area contributed by atoms with Crippen LogP contribution in [0, 0.1) is 0 Å². The molecule has 2 atom stereocenters.